The van der Waals surface area contributed by atoms with Crippen LogP contribution in [0.15, 0.2) is 77.4 Å². The zero-order chi connectivity index (χ0) is 40.2. The van der Waals surface area contributed by atoms with Gasteiger partial charge in [0.15, 0.2) is 6.73 Å². The topological polar surface area (TPSA) is 126 Å². The van der Waals surface area contributed by atoms with E-state index in [1.165, 1.54) is 4.90 Å². The molecule has 0 bridgehead atoms. The van der Waals surface area contributed by atoms with Gasteiger partial charge in [-0.15, -0.1) is 6.42 Å². The van der Waals surface area contributed by atoms with Crippen LogP contribution in [0.4, 0.5) is 18.0 Å². The summed E-state index contributed by atoms with van der Waals surface area (Å²) in [4.78, 5) is 50.8. The number of amides is 3. The van der Waals surface area contributed by atoms with Crippen molar-refractivity contribution in [3.8, 4) is 29.9 Å². The lowest BCUT2D eigenvalue weighted by atomic mass is 10.1. The van der Waals surface area contributed by atoms with Crippen molar-refractivity contribution < 1.29 is 46.6 Å². The van der Waals surface area contributed by atoms with Gasteiger partial charge in [-0.3, -0.25) is 14.4 Å². The van der Waals surface area contributed by atoms with E-state index in [0.29, 0.717) is 17.1 Å². The standard InChI is InChI=1S/C23H19ClF3NO3.C17H22N2O4/c1-22(2)17(12-19(24)23(25,26)27)20(22)21(29)31-18(13-28)14-7-6-10-16(11-14)30-15-8-4-3-5-9-15;1-6-7-18-9-13(20)19(16(18)22)10-23-15(21)14-12(8-11(2)3)17(14,4)5/h3-12,17-18,20H,1-2H3;1,8,12,14H,7,9-10H2,2-5H3/b19-12-;/t17-,18+,20-;/m0./s1. The van der Waals surface area contributed by atoms with Gasteiger partial charge in [-0.2, -0.15) is 18.4 Å². The normalized spacial score (nSPS) is 22.8. The van der Waals surface area contributed by atoms with Crippen molar-refractivity contribution in [2.45, 2.75) is 53.8 Å². The number of benzene rings is 2. The van der Waals surface area contributed by atoms with Gasteiger partial charge in [0.1, 0.15) is 29.1 Å². The van der Waals surface area contributed by atoms with E-state index in [1.54, 1.807) is 50.2 Å². The van der Waals surface area contributed by atoms with Crippen LogP contribution < -0.4 is 4.74 Å². The Hall–Kier alpha value is -5.27. The molecule has 0 aromatic heterocycles. The molecule has 0 N–H and O–H groups in total. The molecule has 10 nitrogen and oxygen atoms in total. The molecule has 2 unspecified atom stereocenters. The van der Waals surface area contributed by atoms with E-state index < -0.39 is 52.5 Å². The highest BCUT2D eigenvalue weighted by atomic mass is 35.5. The largest absolute Gasteiger partial charge is 0.457 e. The molecule has 2 aromatic carbocycles. The summed E-state index contributed by atoms with van der Waals surface area (Å²) in [5.41, 5.74) is 0.611. The number of urea groups is 1. The maximum absolute atomic E-state index is 12.7. The number of carbonyl (C=O) groups is 4. The number of hydrogen-bond donors (Lipinski definition) is 0. The summed E-state index contributed by atoms with van der Waals surface area (Å²) >= 11 is 5.32. The number of imide groups is 1. The zero-order valence-corrected chi connectivity index (χ0v) is 31.4. The predicted octanol–water partition coefficient (Wildman–Crippen LogP) is 8.17. The monoisotopic (exact) mass is 767 g/mol. The van der Waals surface area contributed by atoms with Crippen molar-refractivity contribution in [3.05, 3.63) is 82.9 Å². The van der Waals surface area contributed by atoms with Gasteiger partial charge in [0.05, 0.1) is 18.4 Å². The Balaban J connectivity index is 0.000000252. The van der Waals surface area contributed by atoms with Gasteiger partial charge in [-0.25, -0.2) is 9.69 Å². The average Bonchev–Trinajstić information content (AvgIpc) is 3.80. The second-order valence-electron chi connectivity index (χ2n) is 14.6. The number of terminal acetylenes is 1. The zero-order valence-electron chi connectivity index (χ0n) is 30.6. The Labute approximate surface area is 317 Å². The Morgan fingerprint density at radius 2 is 1.57 bits per heavy atom. The number of carbonyl (C=O) groups excluding carboxylic acids is 4. The van der Waals surface area contributed by atoms with Crippen LogP contribution in [0.25, 0.3) is 0 Å². The van der Waals surface area contributed by atoms with Crippen LogP contribution in [-0.2, 0) is 23.9 Å². The van der Waals surface area contributed by atoms with Crippen molar-refractivity contribution in [2.24, 2.45) is 34.5 Å². The molecule has 3 amide bonds. The van der Waals surface area contributed by atoms with Crippen LogP contribution in [0, 0.1) is 58.2 Å². The summed E-state index contributed by atoms with van der Waals surface area (Å²) in [6, 6.07) is 16.9. The van der Waals surface area contributed by atoms with Gasteiger partial charge >= 0.3 is 24.1 Å². The predicted molar refractivity (Wildman–Crippen MR) is 192 cm³/mol. The number of nitriles is 1. The van der Waals surface area contributed by atoms with Crippen LogP contribution in [-0.4, -0.2) is 59.7 Å². The Morgan fingerprint density at radius 3 is 2.15 bits per heavy atom. The number of nitrogens with zero attached hydrogens (tertiary/aromatic N) is 3. The number of ether oxygens (including phenoxy) is 3. The van der Waals surface area contributed by atoms with Gasteiger partial charge in [0.2, 0.25) is 6.10 Å². The van der Waals surface area contributed by atoms with Crippen LogP contribution in [0.3, 0.4) is 0 Å². The molecule has 2 aliphatic carbocycles. The highest BCUT2D eigenvalue weighted by Crippen LogP contribution is 2.61. The molecule has 1 aliphatic heterocycles. The fourth-order valence-electron chi connectivity index (χ4n) is 6.39. The fraction of sp³-hybridized carbons (Fsp3) is 0.425. The lowest BCUT2D eigenvalue weighted by molar-refractivity contribution is -0.152. The number of allylic oxidation sites excluding steroid dienone is 4. The summed E-state index contributed by atoms with van der Waals surface area (Å²) in [5, 5.41) is 8.23. The van der Waals surface area contributed by atoms with Crippen LogP contribution >= 0.6 is 11.6 Å². The second-order valence-corrected chi connectivity index (χ2v) is 15.0. The summed E-state index contributed by atoms with van der Waals surface area (Å²) in [6.45, 7) is 10.9. The van der Waals surface area contributed by atoms with Gasteiger partial charge in [-0.1, -0.05) is 93.3 Å². The molecule has 0 radical (unpaired) electrons. The number of hydrogen-bond acceptors (Lipinski definition) is 8. The third-order valence-electron chi connectivity index (χ3n) is 9.68. The van der Waals surface area contributed by atoms with E-state index in [-0.39, 0.29) is 43.0 Å². The number of halogens is 4. The lowest BCUT2D eigenvalue weighted by Gasteiger charge is -2.15. The summed E-state index contributed by atoms with van der Waals surface area (Å²) in [6.07, 6.45) is 2.14. The second kappa shape index (κ2) is 16.4. The van der Waals surface area contributed by atoms with E-state index in [4.69, 9.17) is 32.2 Å². The lowest BCUT2D eigenvalue weighted by Crippen LogP contribution is -2.36. The van der Waals surface area contributed by atoms with Crippen LogP contribution in [0.2, 0.25) is 0 Å². The Morgan fingerprint density at radius 1 is 0.981 bits per heavy atom. The summed E-state index contributed by atoms with van der Waals surface area (Å²) in [5.74, 6) is 0.146. The molecule has 2 aromatic rings. The van der Waals surface area contributed by atoms with E-state index in [1.807, 2.05) is 52.0 Å². The molecular weight excluding hydrogens is 727 g/mol. The van der Waals surface area contributed by atoms with E-state index in [0.717, 1.165) is 16.5 Å². The van der Waals surface area contributed by atoms with Gasteiger partial charge in [0, 0.05) is 5.56 Å². The smallest absolute Gasteiger partial charge is 0.426 e. The summed E-state index contributed by atoms with van der Waals surface area (Å²) in [7, 11) is 0. The molecule has 5 rings (SSSR count). The van der Waals surface area contributed by atoms with E-state index in [9.17, 15) is 37.6 Å². The molecule has 3 aliphatic rings. The first-order valence-electron chi connectivity index (χ1n) is 17.0. The van der Waals surface area contributed by atoms with Crippen molar-refractivity contribution in [1.82, 2.24) is 9.80 Å². The highest BCUT2D eigenvalue weighted by molar-refractivity contribution is 6.30. The van der Waals surface area contributed by atoms with Crippen molar-refractivity contribution in [2.75, 3.05) is 19.8 Å². The highest BCUT2D eigenvalue weighted by Gasteiger charge is 2.63. The number of para-hydroxylation sites is 1. The molecule has 1 saturated heterocycles. The molecule has 14 heteroatoms. The molecular formula is C40H41ClF3N3O7. The maximum Gasteiger partial charge on any atom is 0.426 e. The van der Waals surface area contributed by atoms with E-state index in [2.05, 4.69) is 12.0 Å². The third kappa shape index (κ3) is 9.63. The molecule has 5 atom stereocenters. The average molecular weight is 768 g/mol. The number of rotatable bonds is 11. The third-order valence-corrected chi connectivity index (χ3v) is 10.0. The van der Waals surface area contributed by atoms with Gasteiger partial charge in [0.25, 0.3) is 5.91 Å². The Bertz CT molecular complexity index is 1910. The van der Waals surface area contributed by atoms with Crippen molar-refractivity contribution >= 4 is 35.5 Å². The minimum Gasteiger partial charge on any atom is -0.457 e. The molecule has 286 valence electrons. The molecule has 0 spiro atoms. The van der Waals surface area contributed by atoms with Crippen molar-refractivity contribution in [1.29, 1.82) is 5.26 Å². The molecule has 54 heavy (non-hydrogen) atoms. The van der Waals surface area contributed by atoms with Gasteiger partial charge in [-0.05, 0) is 60.8 Å². The number of esters is 2. The molecule has 3 fully saturated rings. The Kier molecular flexibility index (Phi) is 12.6. The fourth-order valence-corrected chi connectivity index (χ4v) is 6.52. The van der Waals surface area contributed by atoms with Crippen LogP contribution in [0.5, 0.6) is 11.5 Å². The quantitative estimate of drug-likeness (QED) is 0.0971. The van der Waals surface area contributed by atoms with Gasteiger partial charge < -0.3 is 19.1 Å². The van der Waals surface area contributed by atoms with Crippen LogP contribution in [0.1, 0.15) is 53.2 Å². The SMILES string of the molecule is C#CCN1CC(=O)N(COC(=O)C2C(C=C(C)C)C2(C)C)C1=O.CC1(C)[C@H](C(=O)O[C@H](C#N)c2cccc(Oc3ccccc3)c2)[C@@H]1/C=C(\Cl)C(F)(F)F. The first-order chi connectivity index (χ1) is 25.2. The molecule has 2 saturated carbocycles. The van der Waals surface area contributed by atoms with Crippen molar-refractivity contribution in [3.63, 3.8) is 0 Å². The minimum atomic E-state index is -4.68. The minimum absolute atomic E-state index is 0.0628. The number of alkyl halides is 3. The molecule has 1 heterocycles. The summed E-state index contributed by atoms with van der Waals surface area (Å²) < 4.78 is 54.4. The first kappa shape index (κ1) is 41.5. The van der Waals surface area contributed by atoms with E-state index >= 15 is 0 Å². The maximum atomic E-state index is 12.7. The first-order valence-corrected chi connectivity index (χ1v) is 17.3.